The number of amides is 4. The van der Waals surface area contributed by atoms with Gasteiger partial charge in [0, 0.05) is 5.69 Å². The van der Waals surface area contributed by atoms with Crippen molar-refractivity contribution < 1.29 is 40.7 Å². The predicted molar refractivity (Wildman–Crippen MR) is 100 cm³/mol. The Morgan fingerprint density at radius 2 is 1.59 bits per heavy atom. The van der Waals surface area contributed by atoms with Gasteiger partial charge in [-0.1, -0.05) is 13.3 Å². The Morgan fingerprint density at radius 3 is 2.06 bits per heavy atom. The molecular formula is C20H21F6N3O3. The molecule has 1 aliphatic carbocycles. The van der Waals surface area contributed by atoms with E-state index in [-0.39, 0.29) is 6.07 Å². The van der Waals surface area contributed by atoms with Crippen LogP contribution in [0, 0.1) is 5.92 Å². The van der Waals surface area contributed by atoms with E-state index >= 15 is 0 Å². The van der Waals surface area contributed by atoms with Crippen LogP contribution in [0.2, 0.25) is 0 Å². The Balaban J connectivity index is 1.74. The molecule has 4 amide bonds. The zero-order valence-corrected chi connectivity index (χ0v) is 17.0. The fourth-order valence-corrected chi connectivity index (χ4v) is 4.11. The molecule has 1 aromatic carbocycles. The van der Waals surface area contributed by atoms with E-state index in [2.05, 4.69) is 5.32 Å². The van der Waals surface area contributed by atoms with E-state index in [9.17, 15) is 40.7 Å². The summed E-state index contributed by atoms with van der Waals surface area (Å²) in [5.41, 5.74) is -5.06. The Kier molecular flexibility index (Phi) is 6.18. The molecule has 2 aliphatic rings. The molecule has 1 spiro atoms. The van der Waals surface area contributed by atoms with Gasteiger partial charge in [0.05, 0.1) is 11.1 Å². The molecule has 0 radical (unpaired) electrons. The number of nitrogens with one attached hydrogen (secondary N) is 2. The summed E-state index contributed by atoms with van der Waals surface area (Å²) in [5, 5.41) is 4.53. The molecule has 0 bridgehead atoms. The van der Waals surface area contributed by atoms with Crippen LogP contribution in [0.25, 0.3) is 0 Å². The van der Waals surface area contributed by atoms with E-state index in [1.165, 1.54) is 0 Å². The summed E-state index contributed by atoms with van der Waals surface area (Å²) in [6, 6.07) is -0.178. The number of hydrogen-bond acceptors (Lipinski definition) is 3. The van der Waals surface area contributed by atoms with Gasteiger partial charge in [-0.15, -0.1) is 0 Å². The number of imide groups is 1. The summed E-state index contributed by atoms with van der Waals surface area (Å²) >= 11 is 0. The fourth-order valence-electron chi connectivity index (χ4n) is 4.11. The number of carbonyl (C=O) groups is 3. The average Bonchev–Trinajstić information content (AvgIpc) is 2.91. The minimum Gasteiger partial charge on any atom is -0.325 e. The first-order valence-corrected chi connectivity index (χ1v) is 9.98. The number of urea groups is 1. The van der Waals surface area contributed by atoms with Crippen molar-refractivity contribution in [1.29, 1.82) is 0 Å². The topological polar surface area (TPSA) is 78.5 Å². The molecule has 0 unspecified atom stereocenters. The third-order valence-electron chi connectivity index (χ3n) is 5.96. The lowest BCUT2D eigenvalue weighted by Gasteiger charge is -2.34. The van der Waals surface area contributed by atoms with Crippen molar-refractivity contribution in [1.82, 2.24) is 10.2 Å². The highest BCUT2D eigenvalue weighted by Crippen LogP contribution is 2.39. The Bertz CT molecular complexity index is 888. The van der Waals surface area contributed by atoms with Crippen LogP contribution in [0.3, 0.4) is 0 Å². The van der Waals surface area contributed by atoms with Gasteiger partial charge in [-0.05, 0) is 49.8 Å². The van der Waals surface area contributed by atoms with E-state index in [1.54, 1.807) is 0 Å². The summed E-state index contributed by atoms with van der Waals surface area (Å²) in [4.78, 5) is 38.0. The maximum absolute atomic E-state index is 13.0. The minimum atomic E-state index is -5.07. The van der Waals surface area contributed by atoms with Gasteiger partial charge in [0.2, 0.25) is 5.91 Å². The zero-order valence-electron chi connectivity index (χ0n) is 17.0. The molecule has 176 valence electrons. The van der Waals surface area contributed by atoms with Gasteiger partial charge >= 0.3 is 18.4 Å². The summed E-state index contributed by atoms with van der Waals surface area (Å²) < 4.78 is 77.8. The van der Waals surface area contributed by atoms with Crippen molar-refractivity contribution in [3.8, 4) is 0 Å². The van der Waals surface area contributed by atoms with E-state index in [0.717, 1.165) is 6.42 Å². The second-order valence-electron chi connectivity index (χ2n) is 8.10. The lowest BCUT2D eigenvalue weighted by molar-refractivity contribution is -0.143. The number of nitrogens with zero attached hydrogens (tertiary/aromatic N) is 1. The highest BCUT2D eigenvalue weighted by molar-refractivity contribution is 6.10. The fraction of sp³-hybridized carbons (Fsp3) is 0.550. The molecular weight excluding hydrogens is 444 g/mol. The highest BCUT2D eigenvalue weighted by atomic mass is 19.4. The van der Waals surface area contributed by atoms with Gasteiger partial charge in [0.1, 0.15) is 12.1 Å². The molecule has 3 rings (SSSR count). The van der Waals surface area contributed by atoms with Crippen molar-refractivity contribution >= 4 is 23.5 Å². The summed E-state index contributed by atoms with van der Waals surface area (Å²) in [6.07, 6.45) is -6.99. The van der Waals surface area contributed by atoms with Gasteiger partial charge in [-0.2, -0.15) is 26.3 Å². The minimum absolute atomic E-state index is 0.0660. The van der Waals surface area contributed by atoms with Crippen LogP contribution >= 0.6 is 0 Å². The monoisotopic (exact) mass is 465 g/mol. The lowest BCUT2D eigenvalue weighted by Crippen LogP contribution is -2.49. The number of benzene rings is 1. The van der Waals surface area contributed by atoms with Crippen LogP contribution < -0.4 is 10.6 Å². The molecule has 0 atom stereocenters. The number of halogens is 6. The lowest BCUT2D eigenvalue weighted by atomic mass is 9.75. The molecule has 0 aromatic heterocycles. The number of carbonyl (C=O) groups excluding carboxylic acids is 3. The van der Waals surface area contributed by atoms with E-state index < -0.39 is 59.1 Å². The molecule has 12 heteroatoms. The number of anilines is 1. The van der Waals surface area contributed by atoms with Gasteiger partial charge in [0.25, 0.3) is 5.91 Å². The molecule has 2 N–H and O–H groups in total. The Morgan fingerprint density at radius 1 is 1.06 bits per heavy atom. The molecule has 1 aliphatic heterocycles. The molecule has 1 aromatic rings. The summed E-state index contributed by atoms with van der Waals surface area (Å²) in [5.74, 6) is -1.29. The zero-order chi connectivity index (χ0) is 23.9. The molecule has 1 saturated heterocycles. The molecule has 1 saturated carbocycles. The van der Waals surface area contributed by atoms with Crippen LogP contribution in [0.15, 0.2) is 18.2 Å². The second kappa shape index (κ2) is 8.28. The first-order valence-electron chi connectivity index (χ1n) is 9.98. The van der Waals surface area contributed by atoms with Crippen molar-refractivity contribution in [3.63, 3.8) is 0 Å². The van der Waals surface area contributed by atoms with Crippen LogP contribution in [0.5, 0.6) is 0 Å². The highest BCUT2D eigenvalue weighted by Gasteiger charge is 2.52. The number of alkyl halides is 6. The predicted octanol–water partition coefficient (Wildman–Crippen LogP) is 4.55. The van der Waals surface area contributed by atoms with Crippen molar-refractivity contribution in [2.75, 3.05) is 11.9 Å². The number of hydrogen-bond donors (Lipinski definition) is 2. The van der Waals surface area contributed by atoms with E-state index in [1.807, 2.05) is 12.2 Å². The SMILES string of the molecule is CCC1CCC2(CC1)NC(=O)N(CC(=O)Nc1cc(C(F)(F)F)cc(C(F)(F)F)c1)C2=O. The van der Waals surface area contributed by atoms with Crippen molar-refractivity contribution in [3.05, 3.63) is 29.3 Å². The third-order valence-corrected chi connectivity index (χ3v) is 5.96. The van der Waals surface area contributed by atoms with Gasteiger partial charge in [-0.3, -0.25) is 14.5 Å². The van der Waals surface area contributed by atoms with E-state index in [4.69, 9.17) is 0 Å². The maximum Gasteiger partial charge on any atom is 0.416 e. The van der Waals surface area contributed by atoms with Crippen molar-refractivity contribution in [2.24, 2.45) is 5.92 Å². The van der Waals surface area contributed by atoms with Crippen molar-refractivity contribution in [2.45, 2.75) is 56.9 Å². The quantitative estimate of drug-likeness (QED) is 0.506. The van der Waals surface area contributed by atoms with Crippen LogP contribution in [-0.2, 0) is 21.9 Å². The van der Waals surface area contributed by atoms with Gasteiger partial charge < -0.3 is 10.6 Å². The van der Waals surface area contributed by atoms with Gasteiger partial charge in [0.15, 0.2) is 0 Å². The molecule has 6 nitrogen and oxygen atoms in total. The average molecular weight is 465 g/mol. The first-order chi connectivity index (χ1) is 14.7. The van der Waals surface area contributed by atoms with E-state index in [0.29, 0.717) is 48.6 Å². The third kappa shape index (κ3) is 4.83. The molecule has 32 heavy (non-hydrogen) atoms. The van der Waals surface area contributed by atoms with Crippen LogP contribution in [-0.4, -0.2) is 34.8 Å². The molecule has 2 fully saturated rings. The second-order valence-corrected chi connectivity index (χ2v) is 8.10. The normalized spacial score (nSPS) is 24.1. The van der Waals surface area contributed by atoms with Crippen LogP contribution in [0.1, 0.15) is 50.2 Å². The Labute approximate surface area is 179 Å². The summed E-state index contributed by atoms with van der Waals surface area (Å²) in [7, 11) is 0. The number of rotatable bonds is 4. The smallest absolute Gasteiger partial charge is 0.325 e. The van der Waals surface area contributed by atoms with Crippen LogP contribution in [0.4, 0.5) is 36.8 Å². The molecule has 1 heterocycles. The standard InChI is InChI=1S/C20H21F6N3O3/c1-2-11-3-5-18(6-4-11)16(31)29(17(32)28-18)10-15(30)27-14-8-12(19(21,22)23)7-13(9-14)20(24,25)26/h7-9,11H,2-6,10H2,1H3,(H,27,30)(H,28,32). The summed E-state index contributed by atoms with van der Waals surface area (Å²) in [6.45, 7) is 1.19. The Hall–Kier alpha value is -2.79. The largest absolute Gasteiger partial charge is 0.416 e. The first kappa shape index (κ1) is 23.9. The van der Waals surface area contributed by atoms with Gasteiger partial charge in [-0.25, -0.2) is 4.79 Å². The maximum atomic E-state index is 13.0.